The zero-order valence-electron chi connectivity index (χ0n) is 12.8. The normalized spacial score (nSPS) is 16.7. The van der Waals surface area contributed by atoms with Crippen molar-refractivity contribution in [2.24, 2.45) is 0 Å². The van der Waals surface area contributed by atoms with Gasteiger partial charge in [-0.15, -0.1) is 5.10 Å². The van der Waals surface area contributed by atoms with Crippen molar-refractivity contribution in [1.29, 1.82) is 5.26 Å². The first-order chi connectivity index (χ1) is 10.6. The number of rotatable bonds is 2. The summed E-state index contributed by atoms with van der Waals surface area (Å²) >= 11 is 0. The number of nitrogens with one attached hydrogen (secondary N) is 1. The topological polar surface area (TPSA) is 87.6 Å². The third-order valence-electron chi connectivity index (χ3n) is 4.36. The molecule has 0 aliphatic heterocycles. The van der Waals surface area contributed by atoms with Crippen molar-refractivity contribution in [3.63, 3.8) is 0 Å². The fourth-order valence-corrected chi connectivity index (χ4v) is 3.00. The van der Waals surface area contributed by atoms with Gasteiger partial charge in [0.1, 0.15) is 11.6 Å². The molecule has 3 rings (SSSR count). The van der Waals surface area contributed by atoms with Crippen LogP contribution in [0.4, 0.5) is 11.5 Å². The first-order valence-electron chi connectivity index (χ1n) is 7.49. The van der Waals surface area contributed by atoms with Gasteiger partial charge < -0.3 is 11.1 Å². The molecule has 3 N–H and O–H groups in total. The smallest absolute Gasteiger partial charge is 0.167 e. The summed E-state index contributed by atoms with van der Waals surface area (Å²) < 4.78 is 0. The number of hydrogen-bond donors (Lipinski definition) is 2. The maximum Gasteiger partial charge on any atom is 0.167 e. The summed E-state index contributed by atoms with van der Waals surface area (Å²) in [6.45, 7) is 3.77. The molecule has 0 radical (unpaired) electrons. The van der Waals surface area contributed by atoms with E-state index >= 15 is 0 Å². The second kappa shape index (κ2) is 5.64. The van der Waals surface area contributed by atoms with Crippen LogP contribution in [0.2, 0.25) is 0 Å². The molecule has 5 heteroatoms. The third kappa shape index (κ3) is 2.48. The highest BCUT2D eigenvalue weighted by molar-refractivity contribution is 5.58. The summed E-state index contributed by atoms with van der Waals surface area (Å²) in [5.74, 6) is 0.570. The van der Waals surface area contributed by atoms with Crippen LogP contribution < -0.4 is 11.1 Å². The first kappa shape index (κ1) is 14.3. The number of benzene rings is 1. The van der Waals surface area contributed by atoms with Crippen molar-refractivity contribution in [1.82, 2.24) is 10.2 Å². The van der Waals surface area contributed by atoms with Crippen molar-refractivity contribution >= 4 is 11.5 Å². The number of anilines is 2. The lowest BCUT2D eigenvalue weighted by Crippen LogP contribution is -2.19. The van der Waals surface area contributed by atoms with E-state index in [4.69, 9.17) is 5.73 Å². The average Bonchev–Trinajstić information content (AvgIpc) is 2.51. The fourth-order valence-electron chi connectivity index (χ4n) is 3.00. The molecule has 1 aliphatic carbocycles. The predicted octanol–water partition coefficient (Wildman–Crippen LogP) is 3.04. The number of nitrogens with two attached hydrogens (primary N) is 1. The number of hydrogen-bond acceptors (Lipinski definition) is 5. The van der Waals surface area contributed by atoms with Gasteiger partial charge in [-0.05, 0) is 61.9 Å². The summed E-state index contributed by atoms with van der Waals surface area (Å²) in [7, 11) is 0. The van der Waals surface area contributed by atoms with Crippen LogP contribution in [0.1, 0.15) is 46.8 Å². The molecule has 0 spiro atoms. The van der Waals surface area contributed by atoms with Gasteiger partial charge in [0.2, 0.25) is 0 Å². The Hall–Kier alpha value is -2.61. The van der Waals surface area contributed by atoms with Gasteiger partial charge in [0.05, 0.1) is 11.7 Å². The molecule has 0 saturated heterocycles. The van der Waals surface area contributed by atoms with E-state index < -0.39 is 0 Å². The molecule has 1 unspecified atom stereocenters. The quantitative estimate of drug-likeness (QED) is 0.831. The van der Waals surface area contributed by atoms with Gasteiger partial charge >= 0.3 is 0 Å². The molecule has 1 aromatic carbocycles. The van der Waals surface area contributed by atoms with Gasteiger partial charge in [0.15, 0.2) is 5.82 Å². The zero-order valence-corrected chi connectivity index (χ0v) is 12.8. The second-order valence-corrected chi connectivity index (χ2v) is 5.79. The van der Waals surface area contributed by atoms with E-state index in [0.717, 1.165) is 36.2 Å². The maximum absolute atomic E-state index is 9.41. The standard InChI is InChI=1S/C17H19N5/c1-10-11(2)21-22-17(15(10)9-18)20-16-5-3-4-12-8-13(19)6-7-14(12)16/h6-8,16H,3-5,19H2,1-2H3,(H,20,22). The van der Waals surface area contributed by atoms with Crippen molar-refractivity contribution < 1.29 is 0 Å². The van der Waals surface area contributed by atoms with Crippen LogP contribution in [0.25, 0.3) is 0 Å². The Morgan fingerprint density at radius 2 is 2.14 bits per heavy atom. The third-order valence-corrected chi connectivity index (χ3v) is 4.36. The summed E-state index contributed by atoms with van der Waals surface area (Å²) in [5, 5.41) is 21.1. The van der Waals surface area contributed by atoms with E-state index in [9.17, 15) is 5.26 Å². The van der Waals surface area contributed by atoms with Crippen LogP contribution in [-0.4, -0.2) is 10.2 Å². The van der Waals surface area contributed by atoms with Gasteiger partial charge in [-0.25, -0.2) is 0 Å². The average molecular weight is 293 g/mol. The largest absolute Gasteiger partial charge is 0.399 e. The van der Waals surface area contributed by atoms with Gasteiger partial charge in [0, 0.05) is 5.69 Å². The Labute approximate surface area is 130 Å². The molecular weight excluding hydrogens is 274 g/mol. The lowest BCUT2D eigenvalue weighted by molar-refractivity contribution is 0.597. The molecule has 0 bridgehead atoms. The van der Waals surface area contributed by atoms with E-state index in [1.807, 2.05) is 26.0 Å². The molecule has 112 valence electrons. The molecule has 0 saturated carbocycles. The number of aryl methyl sites for hydroxylation is 2. The molecule has 22 heavy (non-hydrogen) atoms. The van der Waals surface area contributed by atoms with Crippen LogP contribution in [0.3, 0.4) is 0 Å². The maximum atomic E-state index is 9.41. The number of nitrogen functional groups attached to an aromatic ring is 1. The summed E-state index contributed by atoms with van der Waals surface area (Å²) in [5.41, 5.74) is 11.4. The Morgan fingerprint density at radius 3 is 2.91 bits per heavy atom. The van der Waals surface area contributed by atoms with Gasteiger partial charge in [0.25, 0.3) is 0 Å². The molecule has 1 aliphatic rings. The minimum absolute atomic E-state index is 0.146. The van der Waals surface area contributed by atoms with Gasteiger partial charge in [-0.1, -0.05) is 6.07 Å². The van der Waals surface area contributed by atoms with Crippen LogP contribution in [0.15, 0.2) is 18.2 Å². The molecule has 1 aromatic heterocycles. The van der Waals surface area contributed by atoms with Crippen molar-refractivity contribution in [3.05, 3.63) is 46.1 Å². The second-order valence-electron chi connectivity index (χ2n) is 5.79. The molecule has 1 heterocycles. The Balaban J connectivity index is 1.96. The molecule has 5 nitrogen and oxygen atoms in total. The SMILES string of the molecule is Cc1nnc(NC2CCCc3cc(N)ccc32)c(C#N)c1C. The molecule has 1 atom stereocenters. The minimum Gasteiger partial charge on any atom is -0.399 e. The summed E-state index contributed by atoms with van der Waals surface area (Å²) in [4.78, 5) is 0. The molecule has 2 aromatic rings. The highest BCUT2D eigenvalue weighted by Crippen LogP contribution is 2.34. The van der Waals surface area contributed by atoms with Crippen LogP contribution in [0.5, 0.6) is 0 Å². The number of nitrogens with zero attached hydrogens (tertiary/aromatic N) is 3. The molecule has 0 amide bonds. The van der Waals surface area contributed by atoms with E-state index in [1.165, 1.54) is 11.1 Å². The van der Waals surface area contributed by atoms with Crippen molar-refractivity contribution in [3.8, 4) is 6.07 Å². The summed E-state index contributed by atoms with van der Waals surface area (Å²) in [6.07, 6.45) is 3.15. The van der Waals surface area contributed by atoms with Gasteiger partial charge in [-0.2, -0.15) is 10.4 Å². The van der Waals surface area contributed by atoms with Gasteiger partial charge in [-0.3, -0.25) is 0 Å². The number of fused-ring (bicyclic) bond motifs is 1. The van der Waals surface area contributed by atoms with E-state index in [1.54, 1.807) is 0 Å². The van der Waals surface area contributed by atoms with Crippen LogP contribution >= 0.6 is 0 Å². The first-order valence-corrected chi connectivity index (χ1v) is 7.49. The Kier molecular flexibility index (Phi) is 3.68. The number of aromatic nitrogens is 2. The van der Waals surface area contributed by atoms with E-state index in [2.05, 4.69) is 27.6 Å². The van der Waals surface area contributed by atoms with Crippen LogP contribution in [0, 0.1) is 25.2 Å². The fraction of sp³-hybridized carbons (Fsp3) is 0.353. The van der Waals surface area contributed by atoms with Crippen molar-refractivity contribution in [2.75, 3.05) is 11.1 Å². The number of nitriles is 1. The monoisotopic (exact) mass is 293 g/mol. The zero-order chi connectivity index (χ0) is 15.7. The van der Waals surface area contributed by atoms with E-state index in [-0.39, 0.29) is 6.04 Å². The highest BCUT2D eigenvalue weighted by Gasteiger charge is 2.22. The van der Waals surface area contributed by atoms with Crippen LogP contribution in [-0.2, 0) is 6.42 Å². The van der Waals surface area contributed by atoms with Crippen molar-refractivity contribution in [2.45, 2.75) is 39.2 Å². The predicted molar refractivity (Wildman–Crippen MR) is 86.4 cm³/mol. The Bertz CT molecular complexity index is 760. The minimum atomic E-state index is 0.146. The molecular formula is C17H19N5. The lowest BCUT2D eigenvalue weighted by atomic mass is 9.87. The summed E-state index contributed by atoms with van der Waals surface area (Å²) in [6, 6.07) is 8.43. The Morgan fingerprint density at radius 1 is 1.32 bits per heavy atom. The molecule has 0 fully saturated rings. The van der Waals surface area contributed by atoms with E-state index in [0.29, 0.717) is 11.4 Å². The highest BCUT2D eigenvalue weighted by atomic mass is 15.2. The lowest BCUT2D eigenvalue weighted by Gasteiger charge is -2.27.